The van der Waals surface area contributed by atoms with E-state index in [1.54, 1.807) is 0 Å². The van der Waals surface area contributed by atoms with Crippen LogP contribution in [0.1, 0.15) is 99.3 Å². The smallest absolute Gasteiger partial charge is 0.302 e. The molecule has 2 aliphatic rings. The van der Waals surface area contributed by atoms with Crippen LogP contribution >= 0.6 is 0 Å². The summed E-state index contributed by atoms with van der Waals surface area (Å²) in [5.74, 6) is 1.32. The monoisotopic (exact) mass is 374 g/mol. The molecule has 0 radical (unpaired) electrons. The highest BCUT2D eigenvalue weighted by atomic mass is 16.5. The van der Waals surface area contributed by atoms with Gasteiger partial charge < -0.3 is 4.74 Å². The minimum absolute atomic E-state index is 0.00816. The zero-order valence-corrected chi connectivity index (χ0v) is 18.7. The van der Waals surface area contributed by atoms with E-state index in [1.807, 2.05) is 6.92 Å². The highest BCUT2D eigenvalue weighted by Crippen LogP contribution is 2.61. The number of ether oxygens (including phenoxy) is 1. The molecule has 0 bridgehead atoms. The largest absolute Gasteiger partial charge is 0.463 e. The summed E-state index contributed by atoms with van der Waals surface area (Å²) < 4.78 is 5.21. The van der Waals surface area contributed by atoms with Gasteiger partial charge in [-0.05, 0) is 87.9 Å². The quantitative estimate of drug-likeness (QED) is 0.346. The summed E-state index contributed by atoms with van der Waals surface area (Å²) in [7, 11) is 0. The van der Waals surface area contributed by atoms with Crippen molar-refractivity contribution >= 4 is 5.97 Å². The third-order valence-electron chi connectivity index (χ3n) is 7.58. The number of hydrogen-bond acceptors (Lipinski definition) is 2. The van der Waals surface area contributed by atoms with Gasteiger partial charge in [-0.25, -0.2) is 0 Å². The molecule has 0 aromatic carbocycles. The first-order valence-corrected chi connectivity index (χ1v) is 11.1. The summed E-state index contributed by atoms with van der Waals surface area (Å²) in [4.78, 5) is 11.0. The van der Waals surface area contributed by atoms with E-state index in [1.165, 1.54) is 56.6 Å². The maximum atomic E-state index is 11.0. The molecule has 0 heterocycles. The predicted octanol–water partition coefficient (Wildman–Crippen LogP) is 7.24. The van der Waals surface area contributed by atoms with Gasteiger partial charge in [0.25, 0.3) is 0 Å². The summed E-state index contributed by atoms with van der Waals surface area (Å²) >= 11 is 0. The number of fused-ring (bicyclic) bond motifs is 1. The predicted molar refractivity (Wildman–Crippen MR) is 115 cm³/mol. The molecule has 4 atom stereocenters. The SMILES string of the molecule is C=C1CC[C@@H]2C(C)(C)CCC[C@@]2(C)[C@H]1CC/C(C)=C/CC[C@H](C)OC(C)=O. The van der Waals surface area contributed by atoms with E-state index in [2.05, 4.69) is 40.3 Å². The van der Waals surface area contributed by atoms with Gasteiger partial charge in [0, 0.05) is 6.92 Å². The molecule has 2 aliphatic carbocycles. The number of rotatable bonds is 7. The molecule has 2 nitrogen and oxygen atoms in total. The minimum atomic E-state index is -0.183. The van der Waals surface area contributed by atoms with Gasteiger partial charge in [-0.2, -0.15) is 0 Å². The normalized spacial score (nSPS) is 31.9. The lowest BCUT2D eigenvalue weighted by atomic mass is 9.47. The first kappa shape index (κ1) is 22.2. The van der Waals surface area contributed by atoms with E-state index < -0.39 is 0 Å². The Morgan fingerprint density at radius 1 is 1.30 bits per heavy atom. The third kappa shape index (κ3) is 5.48. The highest BCUT2D eigenvalue weighted by molar-refractivity contribution is 5.66. The first-order chi connectivity index (χ1) is 12.6. The van der Waals surface area contributed by atoms with Crippen molar-refractivity contribution < 1.29 is 9.53 Å². The molecule has 2 saturated carbocycles. The van der Waals surface area contributed by atoms with Crippen LogP contribution in [0, 0.1) is 22.7 Å². The number of hydrogen-bond donors (Lipinski definition) is 0. The van der Waals surface area contributed by atoms with Crippen molar-refractivity contribution in [2.75, 3.05) is 0 Å². The molecule has 0 aliphatic heterocycles. The van der Waals surface area contributed by atoms with Crippen LogP contribution < -0.4 is 0 Å². The average molecular weight is 375 g/mol. The molecular formula is C25H42O2. The Balaban J connectivity index is 1.93. The maximum Gasteiger partial charge on any atom is 0.302 e. The summed E-state index contributed by atoms with van der Waals surface area (Å²) in [5, 5.41) is 0. The number of carbonyl (C=O) groups is 1. The lowest BCUT2D eigenvalue weighted by molar-refractivity contribution is -0.145. The van der Waals surface area contributed by atoms with Gasteiger partial charge in [0.1, 0.15) is 0 Å². The molecule has 2 heteroatoms. The van der Waals surface area contributed by atoms with Crippen LogP contribution in [0.15, 0.2) is 23.8 Å². The van der Waals surface area contributed by atoms with Crippen LogP contribution in [0.4, 0.5) is 0 Å². The minimum Gasteiger partial charge on any atom is -0.463 e. The Morgan fingerprint density at radius 2 is 2.00 bits per heavy atom. The standard InChI is InChI=1S/C25H42O2/c1-18(10-8-11-20(3)27-21(4)26)12-14-22-19(2)13-15-23-24(5,6)16-9-17-25(22,23)7/h10,20,22-23H,2,8-9,11-17H2,1,3-7H3/b18-10+/t20-,22-,23+,25-/m0/s1. The Hall–Kier alpha value is -1.05. The second-order valence-electron chi connectivity index (χ2n) is 10.2. The molecular weight excluding hydrogens is 332 g/mol. The van der Waals surface area contributed by atoms with Crippen molar-refractivity contribution in [2.45, 2.75) is 105 Å². The maximum absolute atomic E-state index is 11.0. The van der Waals surface area contributed by atoms with E-state index in [-0.39, 0.29) is 12.1 Å². The summed E-state index contributed by atoms with van der Waals surface area (Å²) in [6.07, 6.45) is 13.3. The fourth-order valence-corrected chi connectivity index (χ4v) is 6.19. The van der Waals surface area contributed by atoms with Crippen molar-refractivity contribution in [2.24, 2.45) is 22.7 Å². The summed E-state index contributed by atoms with van der Waals surface area (Å²) in [6, 6.07) is 0. The Bertz CT molecular complexity index is 571. The lowest BCUT2D eigenvalue weighted by Crippen LogP contribution is -2.49. The first-order valence-electron chi connectivity index (χ1n) is 11.1. The van der Waals surface area contributed by atoms with Gasteiger partial charge >= 0.3 is 5.97 Å². The van der Waals surface area contributed by atoms with Crippen LogP contribution in [-0.4, -0.2) is 12.1 Å². The van der Waals surface area contributed by atoms with Crippen molar-refractivity contribution in [3.8, 4) is 0 Å². The summed E-state index contributed by atoms with van der Waals surface area (Å²) in [5.41, 5.74) is 3.88. The summed E-state index contributed by atoms with van der Waals surface area (Å²) in [6.45, 7) is 17.8. The molecule has 2 fully saturated rings. The average Bonchev–Trinajstić information content (AvgIpc) is 2.52. The zero-order valence-electron chi connectivity index (χ0n) is 18.7. The van der Waals surface area contributed by atoms with E-state index in [4.69, 9.17) is 4.74 Å². The fraction of sp³-hybridized carbons (Fsp3) is 0.800. The Kier molecular flexibility index (Phi) is 7.39. The zero-order chi connectivity index (χ0) is 20.2. The number of carbonyl (C=O) groups excluding carboxylic acids is 1. The molecule has 0 N–H and O–H groups in total. The van der Waals surface area contributed by atoms with Crippen LogP contribution in [-0.2, 0) is 9.53 Å². The van der Waals surface area contributed by atoms with Crippen LogP contribution in [0.25, 0.3) is 0 Å². The van der Waals surface area contributed by atoms with Gasteiger partial charge in [0.15, 0.2) is 0 Å². The van der Waals surface area contributed by atoms with Gasteiger partial charge in [0.05, 0.1) is 6.10 Å². The molecule has 0 spiro atoms. The van der Waals surface area contributed by atoms with Crippen molar-refractivity contribution in [1.82, 2.24) is 0 Å². The Morgan fingerprint density at radius 3 is 2.67 bits per heavy atom. The molecule has 0 unspecified atom stereocenters. The molecule has 27 heavy (non-hydrogen) atoms. The third-order valence-corrected chi connectivity index (χ3v) is 7.58. The molecule has 0 aromatic rings. The van der Waals surface area contributed by atoms with E-state index in [9.17, 15) is 4.79 Å². The van der Waals surface area contributed by atoms with Crippen LogP contribution in [0.2, 0.25) is 0 Å². The molecule has 0 amide bonds. The van der Waals surface area contributed by atoms with Gasteiger partial charge in [-0.3, -0.25) is 4.79 Å². The number of allylic oxidation sites excluding steroid dienone is 3. The van der Waals surface area contributed by atoms with E-state index in [0.717, 1.165) is 25.2 Å². The molecule has 0 aromatic heterocycles. The van der Waals surface area contributed by atoms with Gasteiger partial charge in [0.2, 0.25) is 0 Å². The van der Waals surface area contributed by atoms with Crippen molar-refractivity contribution in [3.63, 3.8) is 0 Å². The highest BCUT2D eigenvalue weighted by Gasteiger charge is 2.52. The second kappa shape index (κ2) is 8.97. The molecule has 2 rings (SSSR count). The van der Waals surface area contributed by atoms with Gasteiger partial charge in [-0.15, -0.1) is 0 Å². The second-order valence-corrected chi connectivity index (χ2v) is 10.2. The van der Waals surface area contributed by atoms with Crippen molar-refractivity contribution in [1.29, 1.82) is 0 Å². The fourth-order valence-electron chi connectivity index (χ4n) is 6.19. The van der Waals surface area contributed by atoms with E-state index >= 15 is 0 Å². The molecule has 154 valence electrons. The molecule has 0 saturated heterocycles. The van der Waals surface area contributed by atoms with Crippen LogP contribution in [0.3, 0.4) is 0 Å². The Labute approximate surface area is 167 Å². The number of esters is 1. The lowest BCUT2D eigenvalue weighted by Gasteiger charge is -2.58. The topological polar surface area (TPSA) is 26.3 Å². The van der Waals surface area contributed by atoms with Crippen molar-refractivity contribution in [3.05, 3.63) is 23.8 Å². The van der Waals surface area contributed by atoms with Crippen LogP contribution in [0.5, 0.6) is 0 Å². The van der Waals surface area contributed by atoms with E-state index in [0.29, 0.717) is 16.7 Å². The van der Waals surface area contributed by atoms with Gasteiger partial charge in [-0.1, -0.05) is 51.0 Å².